The largest absolute Gasteiger partial charge is 0.465 e. The molecule has 1 rings (SSSR count). The van der Waals surface area contributed by atoms with Gasteiger partial charge in [0.1, 0.15) is 11.5 Å². The first-order valence-corrected chi connectivity index (χ1v) is 5.30. The van der Waals surface area contributed by atoms with Crippen molar-refractivity contribution in [1.82, 2.24) is 10.2 Å². The average molecular weight is 250 g/mol. The monoisotopic (exact) mass is 250 g/mol. The van der Waals surface area contributed by atoms with Crippen LogP contribution in [-0.4, -0.2) is 31.7 Å². The number of aryl methyl sites for hydroxylation is 1. The Bertz CT molecular complexity index is 360. The maximum Gasteiger partial charge on any atom is 0.401 e. The van der Waals surface area contributed by atoms with Crippen molar-refractivity contribution in [2.24, 2.45) is 0 Å². The van der Waals surface area contributed by atoms with Gasteiger partial charge in [-0.1, -0.05) is 0 Å². The van der Waals surface area contributed by atoms with E-state index in [9.17, 15) is 13.2 Å². The van der Waals surface area contributed by atoms with Crippen LogP contribution in [0.3, 0.4) is 0 Å². The van der Waals surface area contributed by atoms with Crippen LogP contribution in [0.1, 0.15) is 17.1 Å². The van der Waals surface area contributed by atoms with Gasteiger partial charge in [-0.25, -0.2) is 0 Å². The normalized spacial score (nSPS) is 12.4. The summed E-state index contributed by atoms with van der Waals surface area (Å²) < 4.78 is 41.8. The van der Waals surface area contributed by atoms with Crippen LogP contribution in [0.5, 0.6) is 0 Å². The van der Waals surface area contributed by atoms with Gasteiger partial charge in [-0.3, -0.25) is 4.90 Å². The highest BCUT2D eigenvalue weighted by Gasteiger charge is 2.29. The summed E-state index contributed by atoms with van der Waals surface area (Å²) in [7, 11) is 3.23. The summed E-state index contributed by atoms with van der Waals surface area (Å²) in [4.78, 5) is 1.18. The molecule has 1 heterocycles. The SMILES string of the molecule is CNCc1cc(CN(C)CC(F)(F)F)oc1C. The predicted octanol–water partition coefficient (Wildman–Crippen LogP) is 2.30. The Morgan fingerprint density at radius 1 is 1.41 bits per heavy atom. The zero-order valence-electron chi connectivity index (χ0n) is 10.2. The average Bonchev–Trinajstić information content (AvgIpc) is 2.43. The second-order valence-electron chi connectivity index (χ2n) is 4.11. The third kappa shape index (κ3) is 4.79. The van der Waals surface area contributed by atoms with Gasteiger partial charge in [0.25, 0.3) is 0 Å². The molecule has 1 N–H and O–H groups in total. The molecule has 0 bridgehead atoms. The van der Waals surface area contributed by atoms with E-state index in [-0.39, 0.29) is 6.54 Å². The highest BCUT2D eigenvalue weighted by molar-refractivity contribution is 5.20. The first kappa shape index (κ1) is 14.1. The summed E-state index contributed by atoms with van der Waals surface area (Å²) in [5.41, 5.74) is 0.975. The van der Waals surface area contributed by atoms with Crippen molar-refractivity contribution in [3.63, 3.8) is 0 Å². The van der Waals surface area contributed by atoms with E-state index in [0.717, 1.165) is 11.3 Å². The van der Waals surface area contributed by atoms with Crippen LogP contribution in [0.4, 0.5) is 13.2 Å². The van der Waals surface area contributed by atoms with Gasteiger partial charge in [-0.05, 0) is 27.1 Å². The molecule has 0 aliphatic carbocycles. The standard InChI is InChI=1S/C11H17F3N2O/c1-8-9(5-15-2)4-10(17-8)6-16(3)7-11(12,13)14/h4,15H,5-7H2,1-3H3. The third-order valence-electron chi connectivity index (χ3n) is 2.31. The molecule has 17 heavy (non-hydrogen) atoms. The zero-order chi connectivity index (χ0) is 13.1. The molecule has 0 unspecified atom stereocenters. The molecule has 6 heteroatoms. The molecule has 0 aromatic carbocycles. The zero-order valence-corrected chi connectivity index (χ0v) is 10.2. The van der Waals surface area contributed by atoms with E-state index in [1.54, 1.807) is 13.0 Å². The van der Waals surface area contributed by atoms with Crippen molar-refractivity contribution in [2.75, 3.05) is 20.6 Å². The maximum absolute atomic E-state index is 12.1. The fraction of sp³-hybridized carbons (Fsp3) is 0.636. The van der Waals surface area contributed by atoms with E-state index in [1.165, 1.54) is 11.9 Å². The van der Waals surface area contributed by atoms with E-state index in [4.69, 9.17) is 4.42 Å². The summed E-state index contributed by atoms with van der Waals surface area (Å²) in [6, 6.07) is 1.79. The second-order valence-corrected chi connectivity index (χ2v) is 4.11. The Morgan fingerprint density at radius 3 is 2.59 bits per heavy atom. The van der Waals surface area contributed by atoms with Gasteiger partial charge in [0.05, 0.1) is 13.1 Å². The van der Waals surface area contributed by atoms with Crippen molar-refractivity contribution in [2.45, 2.75) is 26.2 Å². The fourth-order valence-corrected chi connectivity index (χ4v) is 1.66. The number of hydrogen-bond donors (Lipinski definition) is 1. The number of furan rings is 1. The molecule has 0 amide bonds. The van der Waals surface area contributed by atoms with Crippen LogP contribution in [0, 0.1) is 6.92 Å². The highest BCUT2D eigenvalue weighted by Crippen LogP contribution is 2.19. The van der Waals surface area contributed by atoms with E-state index < -0.39 is 12.7 Å². The number of halogens is 3. The lowest BCUT2D eigenvalue weighted by atomic mass is 10.2. The van der Waals surface area contributed by atoms with E-state index in [1.807, 2.05) is 7.05 Å². The molecule has 0 radical (unpaired) electrons. The Kier molecular flexibility index (Phi) is 4.59. The molecule has 0 aliphatic rings. The first-order valence-electron chi connectivity index (χ1n) is 5.30. The Labute approximate surface area is 98.6 Å². The Morgan fingerprint density at radius 2 is 2.06 bits per heavy atom. The van der Waals surface area contributed by atoms with Gasteiger partial charge < -0.3 is 9.73 Å². The summed E-state index contributed by atoms with van der Waals surface area (Å²) in [6.07, 6.45) is -4.18. The van der Waals surface area contributed by atoms with E-state index >= 15 is 0 Å². The highest BCUT2D eigenvalue weighted by atomic mass is 19.4. The van der Waals surface area contributed by atoms with Crippen LogP contribution in [0.25, 0.3) is 0 Å². The number of hydrogen-bond acceptors (Lipinski definition) is 3. The predicted molar refractivity (Wildman–Crippen MR) is 58.6 cm³/mol. The van der Waals surface area contributed by atoms with Crippen molar-refractivity contribution >= 4 is 0 Å². The summed E-state index contributed by atoms with van der Waals surface area (Å²) >= 11 is 0. The van der Waals surface area contributed by atoms with Crippen molar-refractivity contribution in [3.8, 4) is 0 Å². The van der Waals surface area contributed by atoms with Gasteiger partial charge in [0, 0.05) is 12.1 Å². The molecule has 0 aliphatic heterocycles. The van der Waals surface area contributed by atoms with Gasteiger partial charge in [0.2, 0.25) is 0 Å². The number of nitrogens with zero attached hydrogens (tertiary/aromatic N) is 1. The lowest BCUT2D eigenvalue weighted by molar-refractivity contribution is -0.144. The quantitative estimate of drug-likeness (QED) is 0.869. The topological polar surface area (TPSA) is 28.4 Å². The molecule has 1 aromatic rings. The van der Waals surface area contributed by atoms with Crippen LogP contribution >= 0.6 is 0 Å². The molecule has 0 fully saturated rings. The maximum atomic E-state index is 12.1. The van der Waals surface area contributed by atoms with Crippen molar-refractivity contribution < 1.29 is 17.6 Å². The Hall–Kier alpha value is -1.01. The van der Waals surface area contributed by atoms with Gasteiger partial charge in [-0.2, -0.15) is 13.2 Å². The lowest BCUT2D eigenvalue weighted by Crippen LogP contribution is -2.30. The molecule has 1 aromatic heterocycles. The summed E-state index contributed by atoms with van der Waals surface area (Å²) in [5.74, 6) is 1.30. The summed E-state index contributed by atoms with van der Waals surface area (Å²) in [6.45, 7) is 1.68. The molecule has 3 nitrogen and oxygen atoms in total. The van der Waals surface area contributed by atoms with Crippen LogP contribution in [0.2, 0.25) is 0 Å². The van der Waals surface area contributed by atoms with Gasteiger partial charge >= 0.3 is 6.18 Å². The minimum Gasteiger partial charge on any atom is -0.465 e. The third-order valence-corrected chi connectivity index (χ3v) is 2.31. The van der Waals surface area contributed by atoms with Crippen molar-refractivity contribution in [1.29, 1.82) is 0 Å². The molecule has 0 saturated heterocycles. The van der Waals surface area contributed by atoms with Crippen LogP contribution in [0.15, 0.2) is 10.5 Å². The molecule has 0 spiro atoms. The summed E-state index contributed by atoms with van der Waals surface area (Å²) in [5, 5.41) is 2.98. The van der Waals surface area contributed by atoms with Crippen LogP contribution < -0.4 is 5.32 Å². The second kappa shape index (κ2) is 5.55. The molecular formula is C11H17F3N2O. The molecule has 0 atom stereocenters. The van der Waals surface area contributed by atoms with Gasteiger partial charge in [-0.15, -0.1) is 0 Å². The number of rotatable bonds is 5. The Balaban J connectivity index is 2.59. The molecule has 98 valence electrons. The minimum atomic E-state index is -4.18. The van der Waals surface area contributed by atoms with E-state index in [2.05, 4.69) is 5.32 Å². The number of nitrogens with one attached hydrogen (secondary N) is 1. The molecule has 0 saturated carbocycles. The fourth-order valence-electron chi connectivity index (χ4n) is 1.66. The number of alkyl halides is 3. The molecular weight excluding hydrogens is 233 g/mol. The van der Waals surface area contributed by atoms with E-state index in [0.29, 0.717) is 12.3 Å². The smallest absolute Gasteiger partial charge is 0.401 e. The van der Waals surface area contributed by atoms with Gasteiger partial charge in [0.15, 0.2) is 0 Å². The lowest BCUT2D eigenvalue weighted by Gasteiger charge is -2.16. The minimum absolute atomic E-state index is 0.157. The van der Waals surface area contributed by atoms with Crippen LogP contribution in [-0.2, 0) is 13.1 Å². The van der Waals surface area contributed by atoms with Crippen molar-refractivity contribution in [3.05, 3.63) is 23.2 Å². The first-order chi connectivity index (χ1) is 7.81.